The topological polar surface area (TPSA) is 20.2 Å². The maximum atomic E-state index is 12.2. The second-order valence-electron chi connectivity index (χ2n) is 2.84. The molecule has 0 aliphatic carbocycles. The molecule has 0 aromatic heterocycles. The Hall–Kier alpha value is -1.29. The summed E-state index contributed by atoms with van der Waals surface area (Å²) in [5, 5.41) is 8.70. The van der Waals surface area contributed by atoms with Crippen LogP contribution in [0.25, 0.3) is 5.57 Å². The minimum atomic E-state index is -4.36. The summed E-state index contributed by atoms with van der Waals surface area (Å²) in [5.41, 5.74) is -0.150. The van der Waals surface area contributed by atoms with Gasteiger partial charge in [-0.1, -0.05) is 18.7 Å². The van der Waals surface area contributed by atoms with Crippen molar-refractivity contribution in [3.63, 3.8) is 0 Å². The molecular weight excluding hydrogens is 193 g/mol. The predicted octanol–water partition coefficient (Wildman–Crippen LogP) is 2.71. The van der Waals surface area contributed by atoms with Crippen LogP contribution in [0.15, 0.2) is 30.8 Å². The molecule has 0 fully saturated rings. The molecule has 0 bridgehead atoms. The van der Waals surface area contributed by atoms with E-state index >= 15 is 0 Å². The number of benzene rings is 1. The molecule has 0 spiro atoms. The van der Waals surface area contributed by atoms with Gasteiger partial charge >= 0.3 is 6.18 Å². The molecule has 1 N–H and O–H groups in total. The number of hydrogen-bond donors (Lipinski definition) is 1. The van der Waals surface area contributed by atoms with E-state index < -0.39 is 11.7 Å². The van der Waals surface area contributed by atoms with Crippen molar-refractivity contribution in [2.45, 2.75) is 6.18 Å². The zero-order valence-electron chi connectivity index (χ0n) is 7.30. The smallest absolute Gasteiger partial charge is 0.392 e. The van der Waals surface area contributed by atoms with Crippen LogP contribution in [0, 0.1) is 0 Å². The van der Waals surface area contributed by atoms with Crippen molar-refractivity contribution in [1.82, 2.24) is 0 Å². The van der Waals surface area contributed by atoms with Gasteiger partial charge in [-0.15, -0.1) is 0 Å². The normalized spacial score (nSPS) is 11.4. The van der Waals surface area contributed by atoms with Crippen molar-refractivity contribution in [2.24, 2.45) is 0 Å². The molecule has 76 valence electrons. The van der Waals surface area contributed by atoms with Gasteiger partial charge in [0.1, 0.15) is 0 Å². The lowest BCUT2D eigenvalue weighted by atomic mass is 10.1. The van der Waals surface area contributed by atoms with Crippen LogP contribution in [0.3, 0.4) is 0 Å². The third-order valence-corrected chi connectivity index (χ3v) is 1.79. The van der Waals surface area contributed by atoms with E-state index in [1.807, 2.05) is 0 Å². The summed E-state index contributed by atoms with van der Waals surface area (Å²) in [6.45, 7) is 3.10. The molecule has 1 rings (SSSR count). The lowest BCUT2D eigenvalue weighted by molar-refractivity contribution is -0.137. The Morgan fingerprint density at radius 3 is 2.50 bits per heavy atom. The van der Waals surface area contributed by atoms with E-state index in [1.165, 1.54) is 12.1 Å². The van der Waals surface area contributed by atoms with Crippen LogP contribution in [-0.2, 0) is 6.18 Å². The molecule has 0 saturated heterocycles. The van der Waals surface area contributed by atoms with Gasteiger partial charge in [0.05, 0.1) is 12.2 Å². The Bertz CT molecular complexity index is 341. The molecule has 0 atom stereocenters. The Morgan fingerprint density at radius 2 is 2.00 bits per heavy atom. The van der Waals surface area contributed by atoms with Gasteiger partial charge in [-0.25, -0.2) is 0 Å². The molecule has 0 aliphatic rings. The number of halogens is 3. The van der Waals surface area contributed by atoms with Crippen LogP contribution in [0.5, 0.6) is 0 Å². The molecule has 0 unspecified atom stereocenters. The zero-order valence-corrected chi connectivity index (χ0v) is 7.30. The average molecular weight is 202 g/mol. The monoisotopic (exact) mass is 202 g/mol. The highest BCUT2D eigenvalue weighted by Gasteiger charge is 2.30. The summed E-state index contributed by atoms with van der Waals surface area (Å²) in [6.07, 6.45) is -4.36. The number of hydrogen-bond acceptors (Lipinski definition) is 1. The highest BCUT2D eigenvalue weighted by molar-refractivity contribution is 5.64. The van der Waals surface area contributed by atoms with Crippen LogP contribution in [-0.4, -0.2) is 11.7 Å². The first-order chi connectivity index (χ1) is 6.45. The lowest BCUT2D eigenvalue weighted by Gasteiger charge is -2.08. The van der Waals surface area contributed by atoms with Crippen LogP contribution >= 0.6 is 0 Å². The fraction of sp³-hybridized carbons (Fsp3) is 0.200. The van der Waals surface area contributed by atoms with Gasteiger partial charge in [0.2, 0.25) is 0 Å². The van der Waals surface area contributed by atoms with Crippen molar-refractivity contribution < 1.29 is 18.3 Å². The first-order valence-electron chi connectivity index (χ1n) is 3.91. The Morgan fingerprint density at radius 1 is 1.36 bits per heavy atom. The molecule has 4 heteroatoms. The molecule has 1 aromatic carbocycles. The number of rotatable bonds is 2. The number of aliphatic hydroxyl groups is 1. The molecule has 0 heterocycles. The quantitative estimate of drug-likeness (QED) is 0.781. The van der Waals surface area contributed by atoms with E-state index in [9.17, 15) is 13.2 Å². The van der Waals surface area contributed by atoms with E-state index in [1.54, 1.807) is 0 Å². The minimum absolute atomic E-state index is 0.274. The van der Waals surface area contributed by atoms with Crippen molar-refractivity contribution in [2.75, 3.05) is 6.61 Å². The van der Waals surface area contributed by atoms with Crippen molar-refractivity contribution in [3.05, 3.63) is 42.0 Å². The van der Waals surface area contributed by atoms with Crippen LogP contribution < -0.4 is 0 Å². The molecular formula is C10H9F3O. The van der Waals surface area contributed by atoms with Gasteiger partial charge in [-0.05, 0) is 23.3 Å². The molecule has 0 saturated carbocycles. The van der Waals surface area contributed by atoms with E-state index in [2.05, 4.69) is 6.58 Å². The standard InChI is InChI=1S/C10H9F3O/c1-7(6-14)8-3-2-4-9(5-8)10(11,12)13/h2-5,14H,1,6H2. The lowest BCUT2D eigenvalue weighted by Crippen LogP contribution is -2.05. The maximum absolute atomic E-state index is 12.2. The van der Waals surface area contributed by atoms with E-state index in [0.717, 1.165) is 12.1 Å². The molecule has 0 radical (unpaired) electrons. The molecule has 0 amide bonds. The Balaban J connectivity index is 3.08. The largest absolute Gasteiger partial charge is 0.416 e. The van der Waals surface area contributed by atoms with Crippen molar-refractivity contribution in [3.8, 4) is 0 Å². The van der Waals surface area contributed by atoms with Gasteiger partial charge < -0.3 is 5.11 Å². The average Bonchev–Trinajstić information content (AvgIpc) is 2.15. The summed E-state index contributed by atoms with van der Waals surface area (Å²) >= 11 is 0. The number of alkyl halides is 3. The van der Waals surface area contributed by atoms with Gasteiger partial charge in [-0.2, -0.15) is 13.2 Å². The molecule has 14 heavy (non-hydrogen) atoms. The fourth-order valence-corrected chi connectivity index (χ4v) is 1.01. The van der Waals surface area contributed by atoms with Crippen LogP contribution in [0.2, 0.25) is 0 Å². The Labute approximate surface area is 79.5 Å². The summed E-state index contributed by atoms with van der Waals surface area (Å²) in [6, 6.07) is 4.72. The predicted molar refractivity (Wildman–Crippen MR) is 47.6 cm³/mol. The van der Waals surface area contributed by atoms with Crippen molar-refractivity contribution in [1.29, 1.82) is 0 Å². The Kier molecular flexibility index (Phi) is 2.96. The second kappa shape index (κ2) is 3.84. The minimum Gasteiger partial charge on any atom is -0.392 e. The van der Waals surface area contributed by atoms with E-state index in [4.69, 9.17) is 5.11 Å². The zero-order chi connectivity index (χ0) is 10.8. The molecule has 1 aromatic rings. The first-order valence-corrected chi connectivity index (χ1v) is 3.91. The SMILES string of the molecule is C=C(CO)c1cccc(C(F)(F)F)c1. The number of aliphatic hydroxyl groups excluding tert-OH is 1. The van der Waals surface area contributed by atoms with Gasteiger partial charge in [0.25, 0.3) is 0 Å². The van der Waals surface area contributed by atoms with E-state index in [0.29, 0.717) is 5.56 Å². The summed E-state index contributed by atoms with van der Waals surface area (Å²) in [4.78, 5) is 0. The van der Waals surface area contributed by atoms with Gasteiger partial charge in [0.15, 0.2) is 0 Å². The van der Waals surface area contributed by atoms with Gasteiger partial charge in [-0.3, -0.25) is 0 Å². The first kappa shape index (κ1) is 10.8. The third-order valence-electron chi connectivity index (χ3n) is 1.79. The highest BCUT2D eigenvalue weighted by Crippen LogP contribution is 2.30. The van der Waals surface area contributed by atoms with Crippen molar-refractivity contribution >= 4 is 5.57 Å². The fourth-order valence-electron chi connectivity index (χ4n) is 1.01. The summed E-state index contributed by atoms with van der Waals surface area (Å²) in [7, 11) is 0. The highest BCUT2D eigenvalue weighted by atomic mass is 19.4. The van der Waals surface area contributed by atoms with E-state index in [-0.39, 0.29) is 12.2 Å². The molecule has 0 aliphatic heterocycles. The van der Waals surface area contributed by atoms with Crippen LogP contribution in [0.1, 0.15) is 11.1 Å². The van der Waals surface area contributed by atoms with Crippen LogP contribution in [0.4, 0.5) is 13.2 Å². The summed E-state index contributed by atoms with van der Waals surface area (Å²) < 4.78 is 36.7. The molecule has 1 nitrogen and oxygen atoms in total. The van der Waals surface area contributed by atoms with Gasteiger partial charge in [0, 0.05) is 0 Å². The maximum Gasteiger partial charge on any atom is 0.416 e. The second-order valence-corrected chi connectivity index (χ2v) is 2.84. The summed E-state index contributed by atoms with van der Waals surface area (Å²) in [5.74, 6) is 0. The third kappa shape index (κ3) is 2.35.